The molecule has 0 saturated heterocycles. The van der Waals surface area contributed by atoms with Crippen LogP contribution in [0, 0.1) is 6.92 Å². The van der Waals surface area contributed by atoms with E-state index in [1.54, 1.807) is 37.5 Å². The Labute approximate surface area is 153 Å². The second-order valence-electron chi connectivity index (χ2n) is 5.83. The standard InChI is InChI=1S/C18H25N2O5P/c1-5-16(6-2)26(22,25-20-14-8-7-9-19-12-14)24-15-10-13(3)18(21)17(11-15)23-4/h7-12,16,20-21H,5-6H2,1-4H3. The van der Waals surface area contributed by atoms with Gasteiger partial charge in [0.15, 0.2) is 11.5 Å². The highest BCUT2D eigenvalue weighted by Gasteiger charge is 2.36. The van der Waals surface area contributed by atoms with Crippen LogP contribution in [-0.2, 0) is 9.19 Å². The van der Waals surface area contributed by atoms with Crippen LogP contribution >= 0.6 is 7.60 Å². The number of nitrogens with one attached hydrogen (secondary N) is 1. The summed E-state index contributed by atoms with van der Waals surface area (Å²) in [6.45, 7) is 5.57. The summed E-state index contributed by atoms with van der Waals surface area (Å²) in [7, 11) is -2.11. The molecule has 0 saturated carbocycles. The Morgan fingerprint density at radius 3 is 2.62 bits per heavy atom. The zero-order valence-corrected chi connectivity index (χ0v) is 16.3. The number of phenols is 1. The molecule has 0 aliphatic heterocycles. The number of benzene rings is 1. The van der Waals surface area contributed by atoms with Crippen molar-refractivity contribution in [1.82, 2.24) is 4.98 Å². The Balaban J connectivity index is 2.30. The van der Waals surface area contributed by atoms with Crippen molar-refractivity contribution in [3.8, 4) is 17.2 Å². The summed E-state index contributed by atoms with van der Waals surface area (Å²) < 4.78 is 30.0. The molecular formula is C18H25N2O5P. The minimum Gasteiger partial charge on any atom is -0.504 e. The molecule has 1 aromatic carbocycles. The first-order valence-electron chi connectivity index (χ1n) is 8.45. The van der Waals surface area contributed by atoms with E-state index in [9.17, 15) is 9.67 Å². The molecule has 0 fully saturated rings. The predicted molar refractivity (Wildman–Crippen MR) is 101 cm³/mol. The van der Waals surface area contributed by atoms with Gasteiger partial charge in [-0.1, -0.05) is 13.8 Å². The molecule has 0 aliphatic rings. The Hall–Kier alpha value is -2.24. The third-order valence-corrected chi connectivity index (χ3v) is 6.47. The number of methoxy groups -OCH3 is 1. The van der Waals surface area contributed by atoms with Crippen molar-refractivity contribution in [1.29, 1.82) is 0 Å². The normalized spacial score (nSPS) is 13.3. The topological polar surface area (TPSA) is 89.9 Å². The molecule has 1 heterocycles. The molecule has 142 valence electrons. The van der Waals surface area contributed by atoms with E-state index in [4.69, 9.17) is 13.9 Å². The Kier molecular flexibility index (Phi) is 6.89. The molecule has 2 N–H and O–H groups in total. The number of anilines is 1. The van der Waals surface area contributed by atoms with Crippen LogP contribution in [0.5, 0.6) is 17.2 Å². The van der Waals surface area contributed by atoms with Crippen molar-refractivity contribution < 1.29 is 23.6 Å². The first-order chi connectivity index (χ1) is 12.4. The van der Waals surface area contributed by atoms with Crippen molar-refractivity contribution >= 4 is 13.3 Å². The van der Waals surface area contributed by atoms with Crippen LogP contribution in [0.3, 0.4) is 0 Å². The highest BCUT2D eigenvalue weighted by Crippen LogP contribution is 2.55. The molecule has 8 heteroatoms. The van der Waals surface area contributed by atoms with Crippen LogP contribution in [0.4, 0.5) is 5.69 Å². The van der Waals surface area contributed by atoms with Crippen LogP contribution < -0.4 is 14.7 Å². The van der Waals surface area contributed by atoms with E-state index < -0.39 is 7.60 Å². The maximum atomic E-state index is 13.5. The molecule has 7 nitrogen and oxygen atoms in total. The van der Waals surface area contributed by atoms with Gasteiger partial charge in [0.25, 0.3) is 0 Å². The van der Waals surface area contributed by atoms with Gasteiger partial charge in [0.1, 0.15) is 5.75 Å². The lowest BCUT2D eigenvalue weighted by Gasteiger charge is -2.26. The molecule has 0 amide bonds. The summed E-state index contributed by atoms with van der Waals surface area (Å²) in [5, 5.41) is 9.97. The van der Waals surface area contributed by atoms with E-state index in [1.807, 2.05) is 13.8 Å². The highest BCUT2D eigenvalue weighted by atomic mass is 31.2. The van der Waals surface area contributed by atoms with Gasteiger partial charge >= 0.3 is 7.60 Å². The lowest BCUT2D eigenvalue weighted by Crippen LogP contribution is -2.16. The number of aryl methyl sites for hydroxylation is 1. The van der Waals surface area contributed by atoms with Crippen LogP contribution in [0.25, 0.3) is 0 Å². The van der Waals surface area contributed by atoms with Crippen LogP contribution in [0.1, 0.15) is 32.3 Å². The molecule has 0 spiro atoms. The minimum absolute atomic E-state index is 0.0200. The lowest BCUT2D eigenvalue weighted by molar-refractivity contribution is 0.302. The van der Waals surface area contributed by atoms with Crippen LogP contribution in [-0.4, -0.2) is 22.9 Å². The number of rotatable bonds is 9. The van der Waals surface area contributed by atoms with Gasteiger partial charge in [-0.25, -0.2) is 4.57 Å². The summed E-state index contributed by atoms with van der Waals surface area (Å²) in [6.07, 6.45) is 4.44. The SMILES string of the molecule is CCC(CC)P(=O)(ONc1cccnc1)Oc1cc(C)c(O)c(OC)c1. The number of nitrogens with zero attached hydrogens (tertiary/aromatic N) is 1. The van der Waals surface area contributed by atoms with E-state index in [1.165, 1.54) is 13.2 Å². The molecule has 26 heavy (non-hydrogen) atoms. The average Bonchev–Trinajstić information content (AvgIpc) is 2.64. The fourth-order valence-electron chi connectivity index (χ4n) is 2.51. The van der Waals surface area contributed by atoms with Gasteiger partial charge in [-0.05, 0) is 43.5 Å². The van der Waals surface area contributed by atoms with Gasteiger partial charge in [-0.3, -0.25) is 10.5 Å². The number of aromatic hydroxyl groups is 1. The smallest absolute Gasteiger partial charge is 0.403 e. The first kappa shape index (κ1) is 20.1. The quantitative estimate of drug-likeness (QED) is 0.472. The largest absolute Gasteiger partial charge is 0.504 e. The summed E-state index contributed by atoms with van der Waals surface area (Å²) in [5.74, 6) is 0.573. The van der Waals surface area contributed by atoms with E-state index in [0.717, 1.165) is 0 Å². The Morgan fingerprint density at radius 1 is 1.31 bits per heavy atom. The van der Waals surface area contributed by atoms with Gasteiger partial charge in [0, 0.05) is 12.3 Å². The maximum absolute atomic E-state index is 13.5. The highest BCUT2D eigenvalue weighted by molar-refractivity contribution is 7.55. The fraction of sp³-hybridized carbons (Fsp3) is 0.389. The zero-order valence-electron chi connectivity index (χ0n) is 15.4. The number of phenolic OH excluding ortho intramolecular Hbond substituents is 1. The summed E-state index contributed by atoms with van der Waals surface area (Å²) in [6, 6.07) is 6.58. The number of hydrogen-bond acceptors (Lipinski definition) is 7. The Morgan fingerprint density at radius 2 is 2.04 bits per heavy atom. The van der Waals surface area contributed by atoms with Gasteiger partial charge in [-0.2, -0.15) is 4.62 Å². The third-order valence-electron chi connectivity index (χ3n) is 4.03. The molecule has 1 unspecified atom stereocenters. The maximum Gasteiger partial charge on any atom is 0.403 e. The van der Waals surface area contributed by atoms with Gasteiger partial charge in [-0.15, -0.1) is 0 Å². The van der Waals surface area contributed by atoms with Gasteiger partial charge in [0.05, 0.1) is 24.7 Å². The van der Waals surface area contributed by atoms with Crippen molar-refractivity contribution in [2.24, 2.45) is 0 Å². The lowest BCUT2D eigenvalue weighted by atomic mass is 10.2. The average molecular weight is 380 g/mol. The zero-order chi connectivity index (χ0) is 19.2. The summed E-state index contributed by atoms with van der Waals surface area (Å²) in [4.78, 5) is 3.98. The number of hydrogen-bond donors (Lipinski definition) is 2. The second-order valence-corrected chi connectivity index (χ2v) is 8.00. The second kappa shape index (κ2) is 8.92. The number of ether oxygens (including phenoxy) is 1. The molecule has 0 aliphatic carbocycles. The van der Waals surface area contributed by atoms with E-state index >= 15 is 0 Å². The van der Waals surface area contributed by atoms with Crippen molar-refractivity contribution in [2.45, 2.75) is 39.3 Å². The van der Waals surface area contributed by atoms with Crippen molar-refractivity contribution in [3.63, 3.8) is 0 Å². The van der Waals surface area contributed by atoms with E-state index in [2.05, 4.69) is 10.5 Å². The Bertz CT molecular complexity index is 766. The summed E-state index contributed by atoms with van der Waals surface area (Å²) >= 11 is 0. The van der Waals surface area contributed by atoms with Gasteiger partial charge in [0.2, 0.25) is 0 Å². The van der Waals surface area contributed by atoms with E-state index in [0.29, 0.717) is 29.8 Å². The predicted octanol–water partition coefficient (Wildman–Crippen LogP) is 4.91. The monoisotopic (exact) mass is 380 g/mol. The van der Waals surface area contributed by atoms with Crippen LogP contribution in [0.2, 0.25) is 0 Å². The number of aromatic nitrogens is 1. The van der Waals surface area contributed by atoms with Crippen molar-refractivity contribution in [3.05, 3.63) is 42.2 Å². The summed E-state index contributed by atoms with van der Waals surface area (Å²) in [5.41, 5.74) is 3.50. The molecule has 0 bridgehead atoms. The van der Waals surface area contributed by atoms with E-state index in [-0.39, 0.29) is 17.2 Å². The molecule has 1 aromatic heterocycles. The minimum atomic E-state index is -3.56. The fourth-order valence-corrected chi connectivity index (χ4v) is 4.38. The molecule has 1 atom stereocenters. The van der Waals surface area contributed by atoms with Gasteiger partial charge < -0.3 is 14.4 Å². The molecule has 0 radical (unpaired) electrons. The van der Waals surface area contributed by atoms with Crippen molar-refractivity contribution in [2.75, 3.05) is 12.6 Å². The number of pyridine rings is 1. The third kappa shape index (κ3) is 4.68. The molecular weight excluding hydrogens is 355 g/mol. The first-order valence-corrected chi connectivity index (χ1v) is 10.1. The molecule has 2 aromatic rings. The molecule has 2 rings (SSSR count). The van der Waals surface area contributed by atoms with Crippen LogP contribution in [0.15, 0.2) is 36.7 Å².